The van der Waals surface area contributed by atoms with Gasteiger partial charge < -0.3 is 25.0 Å². The van der Waals surface area contributed by atoms with E-state index in [-0.39, 0.29) is 18.0 Å². The molecule has 6 rings (SSSR count). The number of nitrogens with one attached hydrogen (secondary N) is 3. The summed E-state index contributed by atoms with van der Waals surface area (Å²) in [7, 11) is 0. The molecule has 1 unspecified atom stereocenters. The van der Waals surface area contributed by atoms with E-state index in [4.69, 9.17) is 26.1 Å². The Morgan fingerprint density at radius 1 is 1.09 bits per heavy atom. The average Bonchev–Trinajstić information content (AvgIpc) is 3.65. The van der Waals surface area contributed by atoms with Gasteiger partial charge in [0.2, 0.25) is 0 Å². The number of benzene rings is 2. The van der Waals surface area contributed by atoms with Gasteiger partial charge in [-0.05, 0) is 82.1 Å². The van der Waals surface area contributed by atoms with Crippen LogP contribution in [0.2, 0.25) is 5.02 Å². The fourth-order valence-corrected chi connectivity index (χ4v) is 5.67. The molecule has 2 aliphatic heterocycles. The first-order valence-corrected chi connectivity index (χ1v) is 14.9. The molecule has 0 aliphatic carbocycles. The summed E-state index contributed by atoms with van der Waals surface area (Å²) >= 11 is 6.19. The molecule has 11 nitrogen and oxygen atoms in total. The van der Waals surface area contributed by atoms with E-state index in [1.54, 1.807) is 29.4 Å². The van der Waals surface area contributed by atoms with Crippen LogP contribution in [0, 0.1) is 0 Å². The highest BCUT2D eigenvalue weighted by Crippen LogP contribution is 2.37. The molecule has 3 N–H and O–H groups in total. The fraction of sp³-hybridized carbons (Fsp3) is 0.344. The van der Waals surface area contributed by atoms with Crippen LogP contribution in [0.15, 0.2) is 67.0 Å². The summed E-state index contributed by atoms with van der Waals surface area (Å²) in [5.74, 6) is 1.67. The van der Waals surface area contributed by atoms with Gasteiger partial charge in [-0.3, -0.25) is 14.9 Å². The Labute approximate surface area is 260 Å². The van der Waals surface area contributed by atoms with Crippen LogP contribution in [0.3, 0.4) is 0 Å². The lowest BCUT2D eigenvalue weighted by Gasteiger charge is -2.41. The number of anilines is 1. The number of pyridine rings is 1. The molecule has 2 aliphatic rings. The Bertz CT molecular complexity index is 1660. The van der Waals surface area contributed by atoms with Crippen molar-refractivity contribution < 1.29 is 19.1 Å². The van der Waals surface area contributed by atoms with Gasteiger partial charge in [0.05, 0.1) is 6.04 Å². The van der Waals surface area contributed by atoms with Crippen LogP contribution in [0.25, 0.3) is 11.4 Å². The number of amides is 2. The maximum atomic E-state index is 13.4. The number of fused-ring (bicyclic) bond motifs is 1. The maximum absolute atomic E-state index is 13.4. The SMILES string of the molecule is CC(C)(C)OC(=O)N1CCC(Nc2cccc(C(=O)NC3COc4ccc(Cl)cc43)c2)(c2nc(-c3ccncc3)n[nH]2)CC1. The van der Waals surface area contributed by atoms with Crippen LogP contribution >= 0.6 is 11.6 Å². The molecule has 0 bridgehead atoms. The Morgan fingerprint density at radius 3 is 2.61 bits per heavy atom. The van der Waals surface area contributed by atoms with Gasteiger partial charge in [-0.15, -0.1) is 0 Å². The van der Waals surface area contributed by atoms with Crippen LogP contribution in [0.1, 0.15) is 61.4 Å². The van der Waals surface area contributed by atoms with E-state index in [9.17, 15) is 9.59 Å². The van der Waals surface area contributed by atoms with Gasteiger partial charge in [0, 0.05) is 52.9 Å². The summed E-state index contributed by atoms with van der Waals surface area (Å²) in [4.78, 5) is 36.9. The van der Waals surface area contributed by atoms with Crippen LogP contribution in [-0.2, 0) is 10.3 Å². The highest BCUT2D eigenvalue weighted by Gasteiger charge is 2.41. The number of nitrogens with zero attached hydrogens (tertiary/aromatic N) is 4. The third-order valence-electron chi connectivity index (χ3n) is 7.71. The van der Waals surface area contributed by atoms with Gasteiger partial charge in [-0.2, -0.15) is 5.10 Å². The van der Waals surface area contributed by atoms with Crippen molar-refractivity contribution in [1.82, 2.24) is 30.4 Å². The minimum Gasteiger partial charge on any atom is -0.491 e. The Kier molecular flexibility index (Phi) is 7.89. The highest BCUT2D eigenvalue weighted by molar-refractivity contribution is 6.30. The normalized spacial score (nSPS) is 17.4. The lowest BCUT2D eigenvalue weighted by Crippen LogP contribution is -2.50. The number of likely N-dealkylation sites (tertiary alicyclic amines) is 1. The third kappa shape index (κ3) is 6.33. The Morgan fingerprint density at radius 2 is 1.86 bits per heavy atom. The number of rotatable bonds is 6. The van der Waals surface area contributed by atoms with Crippen molar-refractivity contribution >= 4 is 29.3 Å². The molecule has 2 aromatic heterocycles. The molecule has 0 radical (unpaired) electrons. The smallest absolute Gasteiger partial charge is 0.410 e. The average molecular weight is 616 g/mol. The zero-order valence-corrected chi connectivity index (χ0v) is 25.5. The second kappa shape index (κ2) is 11.8. The first-order chi connectivity index (χ1) is 21.1. The predicted octanol–water partition coefficient (Wildman–Crippen LogP) is 5.72. The van der Waals surface area contributed by atoms with Crippen LogP contribution in [-0.4, -0.2) is 62.4 Å². The minimum absolute atomic E-state index is 0.233. The van der Waals surface area contributed by atoms with E-state index in [0.29, 0.717) is 60.5 Å². The largest absolute Gasteiger partial charge is 0.491 e. The van der Waals surface area contributed by atoms with Gasteiger partial charge in [0.1, 0.15) is 23.5 Å². The molecule has 44 heavy (non-hydrogen) atoms. The summed E-state index contributed by atoms with van der Waals surface area (Å²) in [6.07, 6.45) is 4.11. The van der Waals surface area contributed by atoms with Crippen LogP contribution in [0.5, 0.6) is 5.75 Å². The molecule has 4 aromatic rings. The number of hydrogen-bond acceptors (Lipinski definition) is 8. The Hall–Kier alpha value is -4.64. The molecule has 1 saturated heterocycles. The van der Waals surface area contributed by atoms with Crippen molar-refractivity contribution in [2.75, 3.05) is 25.0 Å². The van der Waals surface area contributed by atoms with Crippen LogP contribution in [0.4, 0.5) is 10.5 Å². The molecular formula is C32H34ClN7O4. The minimum atomic E-state index is -0.694. The highest BCUT2D eigenvalue weighted by atomic mass is 35.5. The number of aromatic amines is 1. The molecular weight excluding hydrogens is 582 g/mol. The third-order valence-corrected chi connectivity index (χ3v) is 7.95. The summed E-state index contributed by atoms with van der Waals surface area (Å²) < 4.78 is 11.4. The van der Waals surface area contributed by atoms with Crippen LogP contribution < -0.4 is 15.4 Å². The number of ether oxygens (including phenoxy) is 2. The second-order valence-electron chi connectivity index (χ2n) is 12.0. The molecule has 1 fully saturated rings. The summed E-state index contributed by atoms with van der Waals surface area (Å²) in [5, 5.41) is 14.9. The number of aromatic nitrogens is 4. The molecule has 2 aromatic carbocycles. The molecule has 0 spiro atoms. The Balaban J connectivity index is 1.24. The van der Waals surface area contributed by atoms with E-state index >= 15 is 0 Å². The molecule has 0 saturated carbocycles. The zero-order chi connectivity index (χ0) is 30.9. The first-order valence-electron chi connectivity index (χ1n) is 14.5. The molecule has 12 heteroatoms. The van der Waals surface area contributed by atoms with Crippen molar-refractivity contribution in [2.45, 2.75) is 50.8 Å². The molecule has 4 heterocycles. The number of halogens is 1. The van der Waals surface area contributed by atoms with Gasteiger partial charge in [-0.1, -0.05) is 17.7 Å². The number of carbonyl (C=O) groups excluding carboxylic acids is 2. The molecule has 2 amide bonds. The number of piperidine rings is 1. The van der Waals surface area contributed by atoms with E-state index in [1.807, 2.05) is 63.2 Å². The van der Waals surface area contributed by atoms with E-state index in [2.05, 4.69) is 25.8 Å². The lowest BCUT2D eigenvalue weighted by molar-refractivity contribution is 0.0172. The second-order valence-corrected chi connectivity index (χ2v) is 12.5. The quantitative estimate of drug-likeness (QED) is 0.251. The van der Waals surface area contributed by atoms with Crippen molar-refractivity contribution in [2.24, 2.45) is 0 Å². The fourth-order valence-electron chi connectivity index (χ4n) is 5.49. The standard InChI is InChI=1S/C32H34ClN7O4/c1-31(2,3)44-30(42)40-15-11-32(12-16-40,29-36-27(38-39-29)20-9-13-34-14-10-20)37-23-6-4-5-21(17-23)28(41)35-25-19-43-26-8-7-22(33)18-24(25)26/h4-10,13-14,17-18,25,37H,11-12,15-16,19H2,1-3H3,(H,35,41)(H,36,38,39). The number of hydrogen-bond donors (Lipinski definition) is 3. The summed E-state index contributed by atoms with van der Waals surface area (Å²) in [5.41, 5.74) is 1.63. The van der Waals surface area contributed by atoms with E-state index in [1.165, 1.54) is 0 Å². The van der Waals surface area contributed by atoms with Crippen molar-refractivity contribution in [3.05, 3.63) is 89.0 Å². The maximum Gasteiger partial charge on any atom is 0.410 e. The first kappa shape index (κ1) is 29.4. The van der Waals surface area contributed by atoms with Gasteiger partial charge in [-0.25, -0.2) is 9.78 Å². The zero-order valence-electron chi connectivity index (χ0n) is 24.8. The van der Waals surface area contributed by atoms with E-state index in [0.717, 1.165) is 16.8 Å². The van der Waals surface area contributed by atoms with Crippen molar-refractivity contribution in [3.63, 3.8) is 0 Å². The van der Waals surface area contributed by atoms with E-state index < -0.39 is 11.1 Å². The van der Waals surface area contributed by atoms with Gasteiger partial charge >= 0.3 is 6.09 Å². The van der Waals surface area contributed by atoms with Crippen molar-refractivity contribution in [1.29, 1.82) is 0 Å². The summed E-state index contributed by atoms with van der Waals surface area (Å²) in [6, 6.07) is 16.1. The molecule has 1 atom stereocenters. The number of carbonyl (C=O) groups is 2. The van der Waals surface area contributed by atoms with Gasteiger partial charge in [0.25, 0.3) is 5.91 Å². The lowest BCUT2D eigenvalue weighted by atomic mass is 9.86. The topological polar surface area (TPSA) is 134 Å². The van der Waals surface area contributed by atoms with Gasteiger partial charge in [0.15, 0.2) is 11.6 Å². The predicted molar refractivity (Wildman–Crippen MR) is 166 cm³/mol. The number of H-pyrrole nitrogens is 1. The van der Waals surface area contributed by atoms with Crippen molar-refractivity contribution in [3.8, 4) is 17.1 Å². The summed E-state index contributed by atoms with van der Waals surface area (Å²) in [6.45, 7) is 6.78. The molecule has 228 valence electrons. The monoisotopic (exact) mass is 615 g/mol.